The third-order valence-electron chi connectivity index (χ3n) is 3.52. The van der Waals surface area contributed by atoms with Crippen LogP contribution in [0.5, 0.6) is 0 Å². The second-order valence-electron chi connectivity index (χ2n) is 5.31. The number of rotatable bonds is 4. The lowest BCUT2D eigenvalue weighted by molar-refractivity contribution is -0.0149. The predicted molar refractivity (Wildman–Crippen MR) is 78.9 cm³/mol. The number of nitrogen functional groups attached to an aromatic ring is 1. The number of aromatic nitrogens is 4. The topological polar surface area (TPSA) is 136 Å². The number of ether oxygens (including phenoxy) is 1. The molecule has 0 aliphatic carbocycles. The van der Waals surface area contributed by atoms with Gasteiger partial charge < -0.3 is 20.3 Å². The van der Waals surface area contributed by atoms with Crippen molar-refractivity contribution in [2.75, 3.05) is 5.73 Å². The summed E-state index contributed by atoms with van der Waals surface area (Å²) in [7, 11) is -4.26. The second kappa shape index (κ2) is 6.17. The largest absolute Gasteiger partial charge is 0.382 e. The van der Waals surface area contributed by atoms with E-state index in [0.717, 1.165) is 5.82 Å². The Balaban J connectivity index is 1.81. The van der Waals surface area contributed by atoms with Gasteiger partial charge in [-0.2, -0.15) is 14.4 Å². The zero-order valence-corrected chi connectivity index (χ0v) is 13.1. The van der Waals surface area contributed by atoms with E-state index in [-0.39, 0.29) is 29.8 Å². The summed E-state index contributed by atoms with van der Waals surface area (Å²) in [6.07, 6.45) is -1.54. The van der Waals surface area contributed by atoms with E-state index in [9.17, 15) is 13.3 Å². The maximum Gasteiger partial charge on any atom is 0.348 e. The summed E-state index contributed by atoms with van der Waals surface area (Å²) in [5, 5.41) is 0. The first kappa shape index (κ1) is 16.9. The maximum absolute atomic E-state index is 14.3. The van der Waals surface area contributed by atoms with Crippen molar-refractivity contribution in [3.8, 4) is 0 Å². The van der Waals surface area contributed by atoms with Crippen molar-refractivity contribution in [1.29, 1.82) is 0 Å². The summed E-state index contributed by atoms with van der Waals surface area (Å²) in [5.41, 5.74) is 5.70. The highest BCUT2D eigenvalue weighted by Crippen LogP contribution is 2.38. The molecule has 4 N–H and O–H groups in total. The molecule has 1 aliphatic heterocycles. The lowest BCUT2D eigenvalue weighted by Crippen LogP contribution is -2.16. The highest BCUT2D eigenvalue weighted by atomic mass is 31.2. The number of nitrogens with two attached hydrogens (primary N) is 1. The second-order valence-corrected chi connectivity index (χ2v) is 6.79. The Morgan fingerprint density at radius 2 is 2.25 bits per heavy atom. The monoisotopic (exact) mass is 361 g/mol. The number of fused-ring (bicyclic) bond motifs is 1. The van der Waals surface area contributed by atoms with E-state index < -0.39 is 32.2 Å². The Morgan fingerprint density at radius 1 is 1.50 bits per heavy atom. The lowest BCUT2D eigenvalue weighted by atomic mass is 10.1. The van der Waals surface area contributed by atoms with Gasteiger partial charge in [-0.3, -0.25) is 9.13 Å². The summed E-state index contributed by atoms with van der Waals surface area (Å²) >= 11 is 0. The number of halogens is 2. The highest BCUT2D eigenvalue weighted by molar-refractivity contribution is 7.55. The normalized spacial score (nSPS) is 25.1. The average molecular weight is 361 g/mol. The molecule has 2 aromatic heterocycles. The number of nitrogens with zero attached hydrogens (tertiary/aromatic N) is 4. The van der Waals surface area contributed by atoms with Crippen LogP contribution in [0.1, 0.15) is 19.1 Å². The molecule has 3 atom stereocenters. The van der Waals surface area contributed by atoms with Crippen molar-refractivity contribution in [3.05, 3.63) is 24.3 Å². The summed E-state index contributed by atoms with van der Waals surface area (Å²) < 4.78 is 45.1. The van der Waals surface area contributed by atoms with Gasteiger partial charge in [0.2, 0.25) is 0 Å². The fraction of sp³-hybridized carbons (Fsp3) is 0.417. The molecule has 24 heavy (non-hydrogen) atoms. The molecule has 1 fully saturated rings. The van der Waals surface area contributed by atoms with Gasteiger partial charge in [0.1, 0.15) is 6.17 Å². The van der Waals surface area contributed by atoms with Crippen molar-refractivity contribution >= 4 is 24.6 Å². The number of hydrogen-bond donors (Lipinski definition) is 3. The minimum atomic E-state index is -4.26. The lowest BCUT2D eigenvalue weighted by Gasteiger charge is -2.15. The molecule has 0 spiro atoms. The van der Waals surface area contributed by atoms with Crippen LogP contribution in [0.25, 0.3) is 11.2 Å². The highest BCUT2D eigenvalue weighted by Gasteiger charge is 2.37. The zero-order chi connectivity index (χ0) is 17.5. The summed E-state index contributed by atoms with van der Waals surface area (Å²) in [6, 6.07) is 0. The first-order chi connectivity index (χ1) is 11.2. The first-order valence-electron chi connectivity index (χ1n) is 6.92. The predicted octanol–water partition coefficient (Wildman–Crippen LogP) is 1.25. The molecular weight excluding hydrogens is 347 g/mol. The van der Waals surface area contributed by atoms with E-state index in [4.69, 9.17) is 20.3 Å². The number of anilines is 1. The van der Waals surface area contributed by atoms with Crippen LogP contribution in [0.3, 0.4) is 0 Å². The minimum absolute atomic E-state index is 0.0128. The minimum Gasteiger partial charge on any atom is -0.382 e. The standard InChI is InChI=1S/C12H14F2N5O4P/c13-7-4-6(2-1-3-24(20,21)22)23-11(7)19-5-16-8-9(15)17-12(14)18-10(8)19/h1,3,5-7,11H,2,4H2,(H2,15,17,18)(H2,20,21,22)/b3-1+/t6-,7-,11-/m1/s1. The Morgan fingerprint density at radius 3 is 2.96 bits per heavy atom. The number of hydrogen-bond acceptors (Lipinski definition) is 6. The fourth-order valence-corrected chi connectivity index (χ4v) is 2.94. The molecule has 0 aromatic carbocycles. The van der Waals surface area contributed by atoms with Crippen LogP contribution in [0.15, 0.2) is 18.2 Å². The molecule has 0 radical (unpaired) electrons. The van der Waals surface area contributed by atoms with Gasteiger partial charge in [-0.05, 0) is 6.42 Å². The maximum atomic E-state index is 14.3. The third-order valence-corrected chi connectivity index (χ3v) is 4.12. The molecule has 3 heterocycles. The molecule has 1 saturated heterocycles. The smallest absolute Gasteiger partial charge is 0.348 e. The van der Waals surface area contributed by atoms with Gasteiger partial charge in [-0.1, -0.05) is 6.08 Å². The molecule has 130 valence electrons. The van der Waals surface area contributed by atoms with Crippen molar-refractivity contribution < 1.29 is 27.9 Å². The van der Waals surface area contributed by atoms with E-state index in [1.807, 2.05) is 0 Å². The molecule has 0 amide bonds. The SMILES string of the molecule is Nc1nc(F)nc2c1ncn2[C@@H]1O[C@H](C/C=C/P(=O)(O)O)C[C@H]1F. The van der Waals surface area contributed by atoms with E-state index in [0.29, 0.717) is 0 Å². The van der Waals surface area contributed by atoms with Crippen molar-refractivity contribution in [2.24, 2.45) is 0 Å². The number of alkyl halides is 1. The van der Waals surface area contributed by atoms with Crippen LogP contribution in [0, 0.1) is 6.08 Å². The molecule has 0 bridgehead atoms. The van der Waals surface area contributed by atoms with Gasteiger partial charge >= 0.3 is 13.7 Å². The Kier molecular flexibility index (Phi) is 4.35. The zero-order valence-electron chi connectivity index (χ0n) is 12.2. The first-order valence-corrected chi connectivity index (χ1v) is 8.61. The number of imidazole rings is 1. The van der Waals surface area contributed by atoms with Crippen LogP contribution < -0.4 is 5.73 Å². The molecule has 12 heteroatoms. The van der Waals surface area contributed by atoms with E-state index >= 15 is 0 Å². The van der Waals surface area contributed by atoms with Crippen molar-refractivity contribution in [3.63, 3.8) is 0 Å². The Bertz CT molecular complexity index is 838. The van der Waals surface area contributed by atoms with Crippen LogP contribution in [-0.4, -0.2) is 41.6 Å². The van der Waals surface area contributed by atoms with Crippen LogP contribution in [-0.2, 0) is 9.30 Å². The van der Waals surface area contributed by atoms with Gasteiger partial charge in [0.25, 0.3) is 0 Å². The van der Waals surface area contributed by atoms with Crippen LogP contribution in [0.2, 0.25) is 0 Å². The Labute approximate surface area is 134 Å². The molecular formula is C12H14F2N5O4P. The van der Waals surface area contributed by atoms with Gasteiger partial charge in [0.15, 0.2) is 23.2 Å². The molecule has 3 rings (SSSR count). The van der Waals surface area contributed by atoms with Gasteiger partial charge in [-0.25, -0.2) is 9.37 Å². The molecule has 0 saturated carbocycles. The molecule has 1 aliphatic rings. The molecule has 9 nitrogen and oxygen atoms in total. The van der Waals surface area contributed by atoms with Gasteiger partial charge in [0.05, 0.1) is 12.4 Å². The fourth-order valence-electron chi connectivity index (χ4n) is 2.54. The summed E-state index contributed by atoms with van der Waals surface area (Å²) in [6.45, 7) is 0. The van der Waals surface area contributed by atoms with Crippen LogP contribution in [0.4, 0.5) is 14.6 Å². The average Bonchev–Trinajstić information content (AvgIpc) is 3.01. The quantitative estimate of drug-likeness (QED) is 0.547. The summed E-state index contributed by atoms with van der Waals surface area (Å²) in [4.78, 5) is 28.4. The van der Waals surface area contributed by atoms with Gasteiger partial charge in [0, 0.05) is 12.2 Å². The molecule has 2 aromatic rings. The summed E-state index contributed by atoms with van der Waals surface area (Å²) in [5.74, 6) is 0.582. The third kappa shape index (κ3) is 3.44. The molecule has 0 unspecified atom stereocenters. The van der Waals surface area contributed by atoms with Crippen molar-refractivity contribution in [1.82, 2.24) is 19.5 Å². The van der Waals surface area contributed by atoms with E-state index in [2.05, 4.69) is 15.0 Å². The van der Waals surface area contributed by atoms with Crippen LogP contribution >= 0.6 is 7.60 Å². The Hall–Kier alpha value is -1.94. The van der Waals surface area contributed by atoms with Gasteiger partial charge in [-0.15, -0.1) is 0 Å². The van der Waals surface area contributed by atoms with Crippen molar-refractivity contribution in [2.45, 2.75) is 31.3 Å². The van der Waals surface area contributed by atoms with E-state index in [1.165, 1.54) is 17.0 Å². The van der Waals surface area contributed by atoms with E-state index in [1.54, 1.807) is 0 Å².